The van der Waals surface area contributed by atoms with E-state index in [9.17, 15) is 9.90 Å². The smallest absolute Gasteiger partial charge is 0.315 e. The minimum absolute atomic E-state index is 0.103. The van der Waals surface area contributed by atoms with Crippen LogP contribution in [-0.2, 0) is 10.2 Å². The Kier molecular flexibility index (Phi) is 3.68. The summed E-state index contributed by atoms with van der Waals surface area (Å²) in [6, 6.07) is 9.57. The van der Waals surface area contributed by atoms with Gasteiger partial charge in [-0.3, -0.25) is 9.69 Å². The Bertz CT molecular complexity index is 455. The van der Waals surface area contributed by atoms with E-state index in [1.54, 1.807) is 0 Å². The molecule has 0 aliphatic carbocycles. The number of hydrogen-bond donors (Lipinski definition) is 1. The van der Waals surface area contributed by atoms with Crippen molar-refractivity contribution in [3.8, 4) is 0 Å². The van der Waals surface area contributed by atoms with Gasteiger partial charge in [-0.1, -0.05) is 30.3 Å². The van der Waals surface area contributed by atoms with Crippen molar-refractivity contribution in [1.82, 2.24) is 4.90 Å². The Morgan fingerprint density at radius 1 is 1.37 bits per heavy atom. The van der Waals surface area contributed by atoms with Crippen molar-refractivity contribution in [2.45, 2.75) is 44.6 Å². The van der Waals surface area contributed by atoms with E-state index in [0.29, 0.717) is 6.54 Å². The fraction of sp³-hybridized carbons (Fsp3) is 0.562. The van der Waals surface area contributed by atoms with Crippen LogP contribution in [0.25, 0.3) is 0 Å². The van der Waals surface area contributed by atoms with E-state index in [1.165, 1.54) is 0 Å². The van der Waals surface area contributed by atoms with Crippen LogP contribution in [0.15, 0.2) is 30.3 Å². The van der Waals surface area contributed by atoms with Gasteiger partial charge in [0.25, 0.3) is 0 Å². The summed E-state index contributed by atoms with van der Waals surface area (Å²) in [6.07, 6.45) is 2.29. The second-order valence-electron chi connectivity index (χ2n) is 6.34. The van der Waals surface area contributed by atoms with Crippen molar-refractivity contribution >= 4 is 5.97 Å². The van der Waals surface area contributed by atoms with Crippen LogP contribution >= 0.6 is 0 Å². The van der Waals surface area contributed by atoms with Crippen molar-refractivity contribution in [2.75, 3.05) is 13.1 Å². The van der Waals surface area contributed by atoms with Crippen molar-refractivity contribution in [3.63, 3.8) is 0 Å². The summed E-state index contributed by atoms with van der Waals surface area (Å²) in [5.74, 6) is -0.749. The topological polar surface area (TPSA) is 40.5 Å². The third kappa shape index (κ3) is 2.66. The first-order valence-corrected chi connectivity index (χ1v) is 6.90. The third-order valence-corrected chi connectivity index (χ3v) is 4.46. The van der Waals surface area contributed by atoms with E-state index < -0.39 is 11.4 Å². The number of carbonyl (C=O) groups is 1. The molecule has 3 heteroatoms. The van der Waals surface area contributed by atoms with Crippen molar-refractivity contribution in [1.29, 1.82) is 0 Å². The lowest BCUT2D eigenvalue weighted by Gasteiger charge is -2.38. The maximum Gasteiger partial charge on any atom is 0.315 e. The number of likely N-dealkylation sites (tertiary alicyclic amines) is 1. The second kappa shape index (κ2) is 4.97. The number of rotatable bonds is 4. The molecule has 1 saturated heterocycles. The summed E-state index contributed by atoms with van der Waals surface area (Å²) >= 11 is 0. The zero-order valence-corrected chi connectivity index (χ0v) is 12.0. The van der Waals surface area contributed by atoms with Crippen LogP contribution in [0.2, 0.25) is 0 Å². The van der Waals surface area contributed by atoms with E-state index in [4.69, 9.17) is 0 Å². The van der Waals surface area contributed by atoms with E-state index in [2.05, 4.69) is 18.7 Å². The minimum atomic E-state index is -0.844. The molecule has 1 atom stereocenters. The summed E-state index contributed by atoms with van der Waals surface area (Å²) in [7, 11) is 0. The van der Waals surface area contributed by atoms with E-state index in [-0.39, 0.29) is 5.54 Å². The Balaban J connectivity index is 2.29. The molecule has 0 saturated carbocycles. The molecule has 0 radical (unpaired) electrons. The Labute approximate surface area is 115 Å². The molecule has 19 heavy (non-hydrogen) atoms. The number of carboxylic acids is 1. The van der Waals surface area contributed by atoms with Crippen LogP contribution < -0.4 is 0 Å². The Morgan fingerprint density at radius 3 is 2.47 bits per heavy atom. The minimum Gasteiger partial charge on any atom is -0.481 e. The van der Waals surface area contributed by atoms with Gasteiger partial charge in [0.05, 0.1) is 0 Å². The lowest BCUT2D eigenvalue weighted by atomic mass is 9.81. The highest BCUT2D eigenvalue weighted by Gasteiger charge is 2.42. The highest BCUT2D eigenvalue weighted by molar-refractivity contribution is 5.81. The first-order valence-electron chi connectivity index (χ1n) is 6.90. The number of nitrogens with zero attached hydrogens (tertiary/aromatic N) is 1. The fourth-order valence-corrected chi connectivity index (χ4v) is 2.93. The molecular weight excluding hydrogens is 238 g/mol. The van der Waals surface area contributed by atoms with Crippen LogP contribution in [0.3, 0.4) is 0 Å². The molecule has 2 rings (SSSR count). The van der Waals surface area contributed by atoms with Crippen molar-refractivity contribution < 1.29 is 9.90 Å². The average Bonchev–Trinajstić information content (AvgIpc) is 2.69. The molecule has 1 aliphatic heterocycles. The van der Waals surface area contributed by atoms with E-state index in [1.807, 2.05) is 37.3 Å². The molecule has 1 aliphatic rings. The maximum absolute atomic E-state index is 11.8. The number of aliphatic carboxylic acids is 1. The zero-order valence-electron chi connectivity index (χ0n) is 12.0. The highest BCUT2D eigenvalue weighted by atomic mass is 16.4. The first-order chi connectivity index (χ1) is 8.86. The van der Waals surface area contributed by atoms with Gasteiger partial charge in [0, 0.05) is 12.1 Å². The van der Waals surface area contributed by atoms with E-state index >= 15 is 0 Å². The van der Waals surface area contributed by atoms with Gasteiger partial charge < -0.3 is 5.11 Å². The summed E-state index contributed by atoms with van der Waals surface area (Å²) in [5, 5.41) is 9.69. The summed E-state index contributed by atoms with van der Waals surface area (Å²) in [4.78, 5) is 14.1. The molecule has 0 amide bonds. The molecule has 104 valence electrons. The van der Waals surface area contributed by atoms with Crippen LogP contribution in [0.4, 0.5) is 0 Å². The van der Waals surface area contributed by atoms with Gasteiger partial charge >= 0.3 is 5.97 Å². The monoisotopic (exact) mass is 261 g/mol. The fourth-order valence-electron chi connectivity index (χ4n) is 2.93. The summed E-state index contributed by atoms with van der Waals surface area (Å²) in [6.45, 7) is 7.79. The zero-order chi connectivity index (χ0) is 14.1. The quantitative estimate of drug-likeness (QED) is 0.906. The molecule has 3 nitrogen and oxygen atoms in total. The summed E-state index contributed by atoms with van der Waals surface area (Å²) < 4.78 is 0. The standard InChI is InChI=1S/C16H23NO2/c1-15(2)10-7-11-17(15)12-16(3,14(18)19)13-8-5-4-6-9-13/h4-6,8-9H,7,10-12H2,1-3H3,(H,18,19). The molecule has 1 heterocycles. The molecule has 1 N–H and O–H groups in total. The van der Waals surface area contributed by atoms with Crippen molar-refractivity contribution in [3.05, 3.63) is 35.9 Å². The SMILES string of the molecule is CC(CN1CCCC1(C)C)(C(=O)O)c1ccccc1. The predicted octanol–water partition coefficient (Wildman–Crippen LogP) is 2.90. The predicted molar refractivity (Wildman–Crippen MR) is 76.3 cm³/mol. The van der Waals surface area contributed by atoms with Crippen molar-refractivity contribution in [2.24, 2.45) is 0 Å². The van der Waals surface area contributed by atoms with Gasteiger partial charge in [0.15, 0.2) is 0 Å². The van der Waals surface area contributed by atoms with Gasteiger partial charge in [-0.05, 0) is 45.7 Å². The molecule has 0 spiro atoms. The molecule has 0 aromatic heterocycles. The van der Waals surface area contributed by atoms with Gasteiger partial charge in [-0.25, -0.2) is 0 Å². The second-order valence-corrected chi connectivity index (χ2v) is 6.34. The highest BCUT2D eigenvalue weighted by Crippen LogP contribution is 2.33. The van der Waals surface area contributed by atoms with Crippen LogP contribution in [-0.4, -0.2) is 34.6 Å². The van der Waals surface area contributed by atoms with Gasteiger partial charge in [0.1, 0.15) is 5.41 Å². The van der Waals surface area contributed by atoms with Crippen LogP contribution in [0.1, 0.15) is 39.2 Å². The Hall–Kier alpha value is -1.35. The molecule has 1 fully saturated rings. The lowest BCUT2D eigenvalue weighted by Crippen LogP contribution is -2.49. The third-order valence-electron chi connectivity index (χ3n) is 4.46. The van der Waals surface area contributed by atoms with Crippen LogP contribution in [0.5, 0.6) is 0 Å². The first kappa shape index (κ1) is 14.1. The molecule has 1 aromatic rings. The van der Waals surface area contributed by atoms with Crippen LogP contribution in [0, 0.1) is 0 Å². The molecule has 0 bridgehead atoms. The normalized spacial score (nSPS) is 22.1. The largest absolute Gasteiger partial charge is 0.481 e. The summed E-state index contributed by atoms with van der Waals surface area (Å²) in [5.41, 5.74) is 0.138. The molecule has 1 aromatic carbocycles. The lowest BCUT2D eigenvalue weighted by molar-refractivity contribution is -0.144. The van der Waals surface area contributed by atoms with Gasteiger partial charge in [0.2, 0.25) is 0 Å². The molecular formula is C16H23NO2. The van der Waals surface area contributed by atoms with Gasteiger partial charge in [-0.2, -0.15) is 0 Å². The maximum atomic E-state index is 11.8. The average molecular weight is 261 g/mol. The van der Waals surface area contributed by atoms with Gasteiger partial charge in [-0.15, -0.1) is 0 Å². The Morgan fingerprint density at radius 2 is 2.00 bits per heavy atom. The molecule has 1 unspecified atom stereocenters. The van der Waals surface area contributed by atoms with E-state index in [0.717, 1.165) is 24.9 Å². The number of hydrogen-bond acceptors (Lipinski definition) is 2. The number of benzene rings is 1. The number of carboxylic acid groups (broad SMARTS) is 1.